The van der Waals surface area contributed by atoms with Gasteiger partial charge in [0.25, 0.3) is 5.91 Å². The van der Waals surface area contributed by atoms with Crippen molar-refractivity contribution < 1.29 is 19.1 Å². The number of nitrogens with one attached hydrogen (secondary N) is 1. The Bertz CT molecular complexity index is 1110. The molecule has 2 N–H and O–H groups in total. The fourth-order valence-corrected chi connectivity index (χ4v) is 4.69. The highest BCUT2D eigenvalue weighted by molar-refractivity contribution is 6.30. The van der Waals surface area contributed by atoms with Crippen LogP contribution >= 0.6 is 11.6 Å². The number of benzene rings is 2. The minimum absolute atomic E-state index is 0.124. The predicted molar refractivity (Wildman–Crippen MR) is 125 cm³/mol. The van der Waals surface area contributed by atoms with Crippen molar-refractivity contribution >= 4 is 23.5 Å². The number of hydrogen-bond donors (Lipinski definition) is 2. The third kappa shape index (κ3) is 6.02. The van der Waals surface area contributed by atoms with Crippen molar-refractivity contribution in [3.05, 3.63) is 88.1 Å². The van der Waals surface area contributed by atoms with Gasteiger partial charge >= 0.3 is 5.97 Å². The molecule has 3 aromatic rings. The summed E-state index contributed by atoms with van der Waals surface area (Å²) < 4.78 is 5.75. The molecule has 1 saturated carbocycles. The molecule has 1 amide bonds. The number of aromatic nitrogens is 1. The summed E-state index contributed by atoms with van der Waals surface area (Å²) in [7, 11) is 0. The first-order chi connectivity index (χ1) is 16.0. The predicted octanol–water partition coefficient (Wildman–Crippen LogP) is 5.40. The van der Waals surface area contributed by atoms with E-state index in [9.17, 15) is 9.59 Å². The summed E-state index contributed by atoms with van der Waals surface area (Å²) >= 11 is 5.90. The molecule has 6 nitrogen and oxygen atoms in total. The summed E-state index contributed by atoms with van der Waals surface area (Å²) in [5.74, 6) is 0.0471. The molecule has 1 heterocycles. The van der Waals surface area contributed by atoms with Gasteiger partial charge in [0.2, 0.25) is 0 Å². The quantitative estimate of drug-likeness (QED) is 0.440. The maximum atomic E-state index is 12.5. The lowest BCUT2D eigenvalue weighted by Crippen LogP contribution is -2.23. The summed E-state index contributed by atoms with van der Waals surface area (Å²) in [4.78, 5) is 28.1. The minimum atomic E-state index is -0.787. The summed E-state index contributed by atoms with van der Waals surface area (Å²) in [6.07, 6.45) is 6.03. The van der Waals surface area contributed by atoms with Gasteiger partial charge in [-0.3, -0.25) is 9.59 Å². The van der Waals surface area contributed by atoms with Gasteiger partial charge in [0.05, 0.1) is 0 Å². The summed E-state index contributed by atoms with van der Waals surface area (Å²) in [6.45, 7) is 0.386. The number of halogens is 1. The zero-order chi connectivity index (χ0) is 23.2. The SMILES string of the molecule is O=C(O)CCc1ccccc1C[C@@H]1CCC[C@H]1c1nc(C(=O)NCc2ccc(Cl)cc2)co1. The van der Waals surface area contributed by atoms with Crippen LogP contribution in [0.3, 0.4) is 0 Å². The molecule has 0 radical (unpaired) electrons. The summed E-state index contributed by atoms with van der Waals surface area (Å²) in [6, 6.07) is 15.4. The second-order valence-corrected chi connectivity index (χ2v) is 8.98. The molecule has 2 atom stereocenters. The van der Waals surface area contributed by atoms with Gasteiger partial charge in [0.1, 0.15) is 6.26 Å². The Hall–Kier alpha value is -3.12. The topological polar surface area (TPSA) is 92.4 Å². The van der Waals surface area contributed by atoms with Crippen molar-refractivity contribution in [2.75, 3.05) is 0 Å². The van der Waals surface area contributed by atoms with Crippen LogP contribution < -0.4 is 5.32 Å². The molecule has 4 rings (SSSR count). The molecule has 7 heteroatoms. The Balaban J connectivity index is 1.40. The standard InChI is InChI=1S/C26H27ClN2O4/c27-21-11-8-17(9-12-21)15-28-25(32)23-16-33-26(29-23)22-7-3-6-20(22)14-19-5-2-1-4-18(19)10-13-24(30)31/h1-2,4-5,8-9,11-12,16,20,22H,3,6-7,10,13-15H2,(H,28,32)(H,30,31)/t20-,22+/m0/s1. The number of rotatable bonds is 9. The summed E-state index contributed by atoms with van der Waals surface area (Å²) in [5.41, 5.74) is 3.50. The van der Waals surface area contributed by atoms with E-state index in [1.807, 2.05) is 30.3 Å². The minimum Gasteiger partial charge on any atom is -0.481 e. The van der Waals surface area contributed by atoms with E-state index in [0.717, 1.165) is 36.8 Å². The van der Waals surface area contributed by atoms with Gasteiger partial charge in [-0.1, -0.05) is 54.4 Å². The number of amides is 1. The van der Waals surface area contributed by atoms with Crippen molar-refractivity contribution in [2.45, 2.75) is 51.0 Å². The monoisotopic (exact) mass is 466 g/mol. The van der Waals surface area contributed by atoms with Crippen LogP contribution in [0.2, 0.25) is 5.02 Å². The van der Waals surface area contributed by atoms with E-state index in [1.165, 1.54) is 11.8 Å². The largest absolute Gasteiger partial charge is 0.481 e. The lowest BCUT2D eigenvalue weighted by atomic mass is 9.87. The molecule has 172 valence electrons. The molecule has 0 unspecified atom stereocenters. The van der Waals surface area contributed by atoms with Crippen molar-refractivity contribution in [3.63, 3.8) is 0 Å². The van der Waals surface area contributed by atoms with Gasteiger partial charge in [0.15, 0.2) is 11.6 Å². The zero-order valence-corrected chi connectivity index (χ0v) is 19.1. The maximum absolute atomic E-state index is 12.5. The number of hydrogen-bond acceptors (Lipinski definition) is 4. The van der Waals surface area contributed by atoms with E-state index < -0.39 is 5.97 Å². The lowest BCUT2D eigenvalue weighted by molar-refractivity contribution is -0.136. The second kappa shape index (κ2) is 10.7. The van der Waals surface area contributed by atoms with Crippen molar-refractivity contribution in [1.82, 2.24) is 10.3 Å². The van der Waals surface area contributed by atoms with Crippen LogP contribution in [0.5, 0.6) is 0 Å². The number of carbonyl (C=O) groups is 2. The molecule has 0 saturated heterocycles. The lowest BCUT2D eigenvalue weighted by Gasteiger charge is -2.18. The Kier molecular flexibility index (Phi) is 7.45. The highest BCUT2D eigenvalue weighted by Gasteiger charge is 2.33. The third-order valence-corrected chi connectivity index (χ3v) is 6.56. The first kappa shape index (κ1) is 23.1. The molecule has 1 fully saturated rings. The smallest absolute Gasteiger partial charge is 0.303 e. The summed E-state index contributed by atoms with van der Waals surface area (Å²) in [5, 5.41) is 12.6. The van der Waals surface area contributed by atoms with Crippen LogP contribution in [0, 0.1) is 5.92 Å². The maximum Gasteiger partial charge on any atom is 0.303 e. The van der Waals surface area contributed by atoms with Gasteiger partial charge in [0, 0.05) is 23.9 Å². The molecule has 33 heavy (non-hydrogen) atoms. The first-order valence-electron chi connectivity index (χ1n) is 11.3. The van der Waals surface area contributed by atoms with Crippen molar-refractivity contribution in [1.29, 1.82) is 0 Å². The fourth-order valence-electron chi connectivity index (χ4n) is 4.57. The van der Waals surface area contributed by atoms with Crippen LogP contribution in [-0.2, 0) is 24.2 Å². The highest BCUT2D eigenvalue weighted by atomic mass is 35.5. The molecule has 0 aliphatic heterocycles. The van der Waals surface area contributed by atoms with Gasteiger partial charge in [-0.05, 0) is 60.4 Å². The van der Waals surface area contributed by atoms with Crippen LogP contribution in [0.1, 0.15) is 64.7 Å². The molecule has 1 aromatic heterocycles. The van der Waals surface area contributed by atoms with E-state index in [2.05, 4.69) is 16.4 Å². The molecular weight excluding hydrogens is 440 g/mol. The average molecular weight is 467 g/mol. The Labute approximate surface area is 198 Å². The van der Waals surface area contributed by atoms with Gasteiger partial charge < -0.3 is 14.8 Å². The van der Waals surface area contributed by atoms with E-state index in [1.54, 1.807) is 12.1 Å². The van der Waals surface area contributed by atoms with Crippen molar-refractivity contribution in [2.24, 2.45) is 5.92 Å². The fraction of sp³-hybridized carbons (Fsp3) is 0.346. The first-order valence-corrected chi connectivity index (χ1v) is 11.6. The average Bonchev–Trinajstić information content (AvgIpc) is 3.47. The van der Waals surface area contributed by atoms with Crippen LogP contribution in [0.15, 0.2) is 59.2 Å². The third-order valence-electron chi connectivity index (χ3n) is 6.31. The van der Waals surface area contributed by atoms with Crippen LogP contribution in [0.4, 0.5) is 0 Å². The molecule has 1 aliphatic rings. The highest BCUT2D eigenvalue weighted by Crippen LogP contribution is 2.41. The van der Waals surface area contributed by atoms with E-state index in [-0.39, 0.29) is 23.9 Å². The van der Waals surface area contributed by atoms with Gasteiger partial charge in [-0.15, -0.1) is 0 Å². The molecule has 0 spiro atoms. The molecule has 2 aromatic carbocycles. The Morgan fingerprint density at radius 1 is 1.09 bits per heavy atom. The van der Waals surface area contributed by atoms with Gasteiger partial charge in [-0.25, -0.2) is 4.98 Å². The number of carboxylic acids is 1. The van der Waals surface area contributed by atoms with E-state index in [4.69, 9.17) is 21.1 Å². The number of aryl methyl sites for hydroxylation is 1. The number of nitrogens with zero attached hydrogens (tertiary/aromatic N) is 1. The second-order valence-electron chi connectivity index (χ2n) is 8.54. The number of carboxylic acid groups (broad SMARTS) is 1. The van der Waals surface area contributed by atoms with E-state index in [0.29, 0.717) is 29.8 Å². The van der Waals surface area contributed by atoms with E-state index >= 15 is 0 Å². The molecule has 0 bridgehead atoms. The van der Waals surface area contributed by atoms with Gasteiger partial charge in [-0.2, -0.15) is 0 Å². The molecular formula is C26H27ClN2O4. The van der Waals surface area contributed by atoms with Crippen LogP contribution in [-0.4, -0.2) is 22.0 Å². The zero-order valence-electron chi connectivity index (χ0n) is 18.3. The molecule has 1 aliphatic carbocycles. The van der Waals surface area contributed by atoms with Crippen molar-refractivity contribution in [3.8, 4) is 0 Å². The Morgan fingerprint density at radius 2 is 1.85 bits per heavy atom. The normalized spacial score (nSPS) is 17.7. The van der Waals surface area contributed by atoms with Crippen LogP contribution in [0.25, 0.3) is 0 Å². The number of aliphatic carboxylic acids is 1. The number of carbonyl (C=O) groups excluding carboxylic acids is 1. The number of oxazole rings is 1. The Morgan fingerprint density at radius 3 is 2.61 bits per heavy atom.